The van der Waals surface area contributed by atoms with E-state index in [1.165, 1.54) is 0 Å². The predicted molar refractivity (Wildman–Crippen MR) is 60.5 cm³/mol. The maximum absolute atomic E-state index is 11.1. The molecule has 0 aliphatic carbocycles. The number of allylic oxidation sites excluding steroid dienone is 1. The zero-order valence-electron chi connectivity index (χ0n) is 9.74. The third-order valence-corrected chi connectivity index (χ3v) is 1.95. The van der Waals surface area contributed by atoms with Crippen molar-refractivity contribution in [3.05, 3.63) is 12.2 Å². The molecule has 0 aromatic rings. The fraction of sp³-hybridized carbons (Fsp3) is 0.750. The summed E-state index contributed by atoms with van der Waals surface area (Å²) >= 11 is 0. The van der Waals surface area contributed by atoms with Crippen molar-refractivity contribution in [2.45, 2.75) is 52.1 Å². The van der Waals surface area contributed by atoms with Gasteiger partial charge >= 0.3 is 5.97 Å². The highest BCUT2D eigenvalue weighted by atomic mass is 16.5. The van der Waals surface area contributed by atoms with Crippen LogP contribution in [0.2, 0.25) is 0 Å². The zero-order valence-corrected chi connectivity index (χ0v) is 9.74. The van der Waals surface area contributed by atoms with Crippen molar-refractivity contribution >= 4 is 5.97 Å². The van der Waals surface area contributed by atoms with E-state index in [0.29, 0.717) is 25.9 Å². The van der Waals surface area contributed by atoms with Crippen molar-refractivity contribution in [1.82, 2.24) is 0 Å². The molecule has 1 unspecified atom stereocenters. The first-order valence-electron chi connectivity index (χ1n) is 5.65. The van der Waals surface area contributed by atoms with Crippen LogP contribution >= 0.6 is 0 Å². The molecule has 0 aromatic heterocycles. The van der Waals surface area contributed by atoms with Crippen LogP contribution in [0.25, 0.3) is 0 Å². The molecule has 0 bridgehead atoms. The molecule has 0 saturated heterocycles. The topological polar surface area (TPSA) is 46.5 Å². The molecule has 3 heteroatoms. The van der Waals surface area contributed by atoms with Crippen LogP contribution in [0.1, 0.15) is 46.0 Å². The third-order valence-electron chi connectivity index (χ3n) is 1.95. The van der Waals surface area contributed by atoms with Crippen LogP contribution in [0.3, 0.4) is 0 Å². The van der Waals surface area contributed by atoms with Gasteiger partial charge < -0.3 is 9.84 Å². The standard InChI is InChI=1S/C12H22O3/c1-3-4-5-6-10-15-12(14)9-7-8-11(2)13/h4-5,11,13H,3,6-10H2,1-2H3/b5-4-. The molecule has 15 heavy (non-hydrogen) atoms. The van der Waals surface area contributed by atoms with Gasteiger partial charge in [-0.25, -0.2) is 0 Å². The largest absolute Gasteiger partial charge is 0.465 e. The van der Waals surface area contributed by atoms with Gasteiger partial charge in [-0.3, -0.25) is 4.79 Å². The molecule has 0 aliphatic rings. The summed E-state index contributed by atoms with van der Waals surface area (Å²) in [6.07, 6.45) is 7.31. The fourth-order valence-electron chi connectivity index (χ4n) is 1.14. The number of aliphatic hydroxyl groups is 1. The first-order chi connectivity index (χ1) is 7.16. The Bertz CT molecular complexity index is 185. The molecule has 0 rings (SSSR count). The fourth-order valence-corrected chi connectivity index (χ4v) is 1.14. The Labute approximate surface area is 92.1 Å². The van der Waals surface area contributed by atoms with Crippen molar-refractivity contribution < 1.29 is 14.6 Å². The van der Waals surface area contributed by atoms with Crippen molar-refractivity contribution in [3.63, 3.8) is 0 Å². The van der Waals surface area contributed by atoms with Gasteiger partial charge in [0.2, 0.25) is 0 Å². The minimum Gasteiger partial charge on any atom is -0.465 e. The average molecular weight is 214 g/mol. The molecule has 0 heterocycles. The minimum absolute atomic E-state index is 0.166. The second kappa shape index (κ2) is 9.71. The average Bonchev–Trinajstić information content (AvgIpc) is 2.17. The van der Waals surface area contributed by atoms with E-state index in [0.717, 1.165) is 12.8 Å². The van der Waals surface area contributed by atoms with Gasteiger partial charge in [0, 0.05) is 6.42 Å². The molecule has 0 aliphatic heterocycles. The summed E-state index contributed by atoms with van der Waals surface area (Å²) in [6.45, 7) is 4.25. The molecular formula is C12H22O3. The summed E-state index contributed by atoms with van der Waals surface area (Å²) < 4.78 is 5.00. The summed E-state index contributed by atoms with van der Waals surface area (Å²) in [6, 6.07) is 0. The number of ether oxygens (including phenoxy) is 1. The second-order valence-electron chi connectivity index (χ2n) is 3.63. The molecule has 0 saturated carbocycles. The SMILES string of the molecule is CC/C=C\CCOC(=O)CCCC(C)O. The van der Waals surface area contributed by atoms with Crippen molar-refractivity contribution in [2.75, 3.05) is 6.61 Å². The summed E-state index contributed by atoms with van der Waals surface area (Å²) in [5.74, 6) is -0.166. The van der Waals surface area contributed by atoms with E-state index in [4.69, 9.17) is 9.84 Å². The molecule has 3 nitrogen and oxygen atoms in total. The lowest BCUT2D eigenvalue weighted by molar-refractivity contribution is -0.143. The highest BCUT2D eigenvalue weighted by Gasteiger charge is 2.03. The summed E-state index contributed by atoms with van der Waals surface area (Å²) in [7, 11) is 0. The highest BCUT2D eigenvalue weighted by molar-refractivity contribution is 5.69. The molecule has 0 fully saturated rings. The normalized spacial score (nSPS) is 13.0. The molecule has 0 spiro atoms. The molecule has 88 valence electrons. The predicted octanol–water partition coefficient (Wildman–Crippen LogP) is 2.44. The van der Waals surface area contributed by atoms with Gasteiger partial charge in [0.1, 0.15) is 0 Å². The Kier molecular flexibility index (Phi) is 9.18. The van der Waals surface area contributed by atoms with Gasteiger partial charge in [0.15, 0.2) is 0 Å². The van der Waals surface area contributed by atoms with Crippen LogP contribution in [-0.2, 0) is 9.53 Å². The van der Waals surface area contributed by atoms with Gasteiger partial charge in [0.05, 0.1) is 12.7 Å². The van der Waals surface area contributed by atoms with Crippen LogP contribution < -0.4 is 0 Å². The van der Waals surface area contributed by atoms with E-state index < -0.39 is 0 Å². The maximum atomic E-state index is 11.1. The van der Waals surface area contributed by atoms with Gasteiger partial charge in [-0.1, -0.05) is 19.1 Å². The zero-order chi connectivity index (χ0) is 11.5. The first-order valence-corrected chi connectivity index (χ1v) is 5.65. The van der Waals surface area contributed by atoms with Gasteiger partial charge in [0.25, 0.3) is 0 Å². The second-order valence-corrected chi connectivity index (χ2v) is 3.63. The highest BCUT2D eigenvalue weighted by Crippen LogP contribution is 2.01. The number of aliphatic hydroxyl groups excluding tert-OH is 1. The van der Waals surface area contributed by atoms with Crippen molar-refractivity contribution in [2.24, 2.45) is 0 Å². The number of carbonyl (C=O) groups is 1. The minimum atomic E-state index is -0.328. The van der Waals surface area contributed by atoms with E-state index in [2.05, 4.69) is 13.0 Å². The van der Waals surface area contributed by atoms with Gasteiger partial charge in [-0.2, -0.15) is 0 Å². The lowest BCUT2D eigenvalue weighted by Crippen LogP contribution is -2.07. The van der Waals surface area contributed by atoms with E-state index in [1.807, 2.05) is 6.08 Å². The van der Waals surface area contributed by atoms with Crippen LogP contribution in [0.5, 0.6) is 0 Å². The Hall–Kier alpha value is -0.830. The lowest BCUT2D eigenvalue weighted by Gasteiger charge is -2.04. The van der Waals surface area contributed by atoms with E-state index in [9.17, 15) is 4.79 Å². The number of hydrogen-bond donors (Lipinski definition) is 1. The van der Waals surface area contributed by atoms with Crippen LogP contribution in [0.15, 0.2) is 12.2 Å². The summed E-state index contributed by atoms with van der Waals surface area (Å²) in [5.41, 5.74) is 0. The van der Waals surface area contributed by atoms with Gasteiger partial charge in [-0.05, 0) is 32.6 Å². The summed E-state index contributed by atoms with van der Waals surface area (Å²) in [5, 5.41) is 8.98. The summed E-state index contributed by atoms with van der Waals surface area (Å²) in [4.78, 5) is 11.1. The molecule has 1 atom stereocenters. The number of hydrogen-bond acceptors (Lipinski definition) is 3. The van der Waals surface area contributed by atoms with Crippen LogP contribution in [0.4, 0.5) is 0 Å². The Morgan fingerprint density at radius 1 is 1.47 bits per heavy atom. The lowest BCUT2D eigenvalue weighted by atomic mass is 10.2. The smallest absolute Gasteiger partial charge is 0.305 e. The number of rotatable bonds is 8. The maximum Gasteiger partial charge on any atom is 0.305 e. The molecule has 0 radical (unpaired) electrons. The quantitative estimate of drug-likeness (QED) is 0.383. The van der Waals surface area contributed by atoms with Gasteiger partial charge in [-0.15, -0.1) is 0 Å². The van der Waals surface area contributed by atoms with E-state index in [-0.39, 0.29) is 12.1 Å². The van der Waals surface area contributed by atoms with Crippen molar-refractivity contribution in [1.29, 1.82) is 0 Å². The third kappa shape index (κ3) is 11.1. The van der Waals surface area contributed by atoms with Crippen LogP contribution in [-0.4, -0.2) is 23.8 Å². The molecule has 0 aromatic carbocycles. The Morgan fingerprint density at radius 2 is 2.20 bits per heavy atom. The Balaban J connectivity index is 3.30. The number of carbonyl (C=O) groups excluding carboxylic acids is 1. The van der Waals surface area contributed by atoms with Crippen molar-refractivity contribution in [3.8, 4) is 0 Å². The first kappa shape index (κ1) is 14.2. The monoisotopic (exact) mass is 214 g/mol. The van der Waals surface area contributed by atoms with E-state index >= 15 is 0 Å². The Morgan fingerprint density at radius 3 is 2.80 bits per heavy atom. The molecule has 1 N–H and O–H groups in total. The van der Waals surface area contributed by atoms with E-state index in [1.54, 1.807) is 6.92 Å². The molecular weight excluding hydrogens is 192 g/mol. The molecule has 0 amide bonds. The number of esters is 1. The van der Waals surface area contributed by atoms with Crippen LogP contribution in [0, 0.1) is 0 Å².